The second-order valence-electron chi connectivity index (χ2n) is 7.04. The molecular formula is C15H22O6. The van der Waals surface area contributed by atoms with Gasteiger partial charge in [-0.05, 0) is 25.7 Å². The molecule has 6 heteroatoms. The number of ether oxygens (including phenoxy) is 2. The van der Waals surface area contributed by atoms with E-state index in [0.29, 0.717) is 25.7 Å². The molecule has 9 unspecified atom stereocenters. The van der Waals surface area contributed by atoms with Crippen LogP contribution in [0.2, 0.25) is 0 Å². The minimum Gasteiger partial charge on any atom is -0.461 e. The lowest BCUT2D eigenvalue weighted by molar-refractivity contribution is -0.200. The van der Waals surface area contributed by atoms with E-state index in [2.05, 4.69) is 0 Å². The van der Waals surface area contributed by atoms with Crippen LogP contribution in [-0.2, 0) is 14.3 Å². The highest BCUT2D eigenvalue weighted by atomic mass is 16.6. The first kappa shape index (κ1) is 13.9. The Balaban J connectivity index is 1.62. The molecule has 0 radical (unpaired) electrons. The number of carbonyl (C=O) groups is 1. The molecule has 0 amide bonds. The van der Waals surface area contributed by atoms with E-state index in [-0.39, 0.29) is 42.0 Å². The molecule has 2 aliphatic carbocycles. The van der Waals surface area contributed by atoms with E-state index in [1.54, 1.807) is 0 Å². The number of hydrogen-bond donors (Lipinski definition) is 3. The second-order valence-corrected chi connectivity index (χ2v) is 7.04. The molecule has 0 spiro atoms. The van der Waals surface area contributed by atoms with Gasteiger partial charge in [-0.25, -0.2) is 0 Å². The Bertz CT molecular complexity index is 440. The van der Waals surface area contributed by atoms with Gasteiger partial charge >= 0.3 is 5.97 Å². The van der Waals surface area contributed by atoms with Gasteiger partial charge in [-0.3, -0.25) is 4.79 Å². The predicted octanol–water partition coefficient (Wildman–Crippen LogP) is -0.412. The summed E-state index contributed by atoms with van der Waals surface area (Å²) in [7, 11) is 0. The highest BCUT2D eigenvalue weighted by Crippen LogP contribution is 2.50. The molecule has 9 atom stereocenters. The number of fused-ring (bicyclic) bond motifs is 5. The number of aliphatic hydroxyl groups is 3. The van der Waals surface area contributed by atoms with Crippen molar-refractivity contribution in [1.29, 1.82) is 0 Å². The first-order chi connectivity index (χ1) is 10.0. The van der Waals surface area contributed by atoms with E-state index in [1.807, 2.05) is 0 Å². The maximum absolute atomic E-state index is 12.4. The first-order valence-corrected chi connectivity index (χ1v) is 7.94. The number of hydrogen-bond acceptors (Lipinski definition) is 6. The summed E-state index contributed by atoms with van der Waals surface area (Å²) in [5.41, 5.74) is 0. The van der Waals surface area contributed by atoms with Crippen molar-refractivity contribution in [2.24, 2.45) is 17.8 Å². The Morgan fingerprint density at radius 2 is 1.71 bits per heavy atom. The predicted molar refractivity (Wildman–Crippen MR) is 70.1 cm³/mol. The molecule has 3 N–H and O–H groups in total. The van der Waals surface area contributed by atoms with Gasteiger partial charge in [0, 0.05) is 18.3 Å². The van der Waals surface area contributed by atoms with Crippen molar-refractivity contribution in [3.05, 3.63) is 0 Å². The van der Waals surface area contributed by atoms with Gasteiger partial charge in [0.1, 0.15) is 6.10 Å². The summed E-state index contributed by atoms with van der Waals surface area (Å²) in [5, 5.41) is 29.9. The fraction of sp³-hybridized carbons (Fsp3) is 0.933. The summed E-state index contributed by atoms with van der Waals surface area (Å²) in [6.07, 6.45) is 0.0873. The van der Waals surface area contributed by atoms with E-state index >= 15 is 0 Å². The highest BCUT2D eigenvalue weighted by Gasteiger charge is 2.60. The largest absolute Gasteiger partial charge is 0.461 e. The Morgan fingerprint density at radius 1 is 0.952 bits per heavy atom. The minimum atomic E-state index is -0.704. The standard InChI is InChI=1S/C15H22O6/c16-6-1-2-8-10(4-6)20-14-12(8)15(19)21-11-5-7(17)3-9(18)13(11)14/h6-14,16-18H,1-5H2. The molecule has 4 rings (SSSR count). The molecule has 118 valence electrons. The summed E-state index contributed by atoms with van der Waals surface area (Å²) < 4.78 is 11.6. The zero-order chi connectivity index (χ0) is 14.7. The van der Waals surface area contributed by atoms with Gasteiger partial charge in [-0.15, -0.1) is 0 Å². The lowest BCUT2D eigenvalue weighted by Gasteiger charge is -2.45. The van der Waals surface area contributed by atoms with Crippen LogP contribution in [0.15, 0.2) is 0 Å². The number of rotatable bonds is 0. The third-order valence-corrected chi connectivity index (χ3v) is 5.77. The Kier molecular flexibility index (Phi) is 3.26. The second kappa shape index (κ2) is 4.91. The highest BCUT2D eigenvalue weighted by molar-refractivity contribution is 5.75. The topological polar surface area (TPSA) is 96.2 Å². The van der Waals surface area contributed by atoms with Gasteiger partial charge < -0.3 is 24.8 Å². The molecule has 2 saturated heterocycles. The van der Waals surface area contributed by atoms with Crippen molar-refractivity contribution in [1.82, 2.24) is 0 Å². The third-order valence-electron chi connectivity index (χ3n) is 5.77. The summed E-state index contributed by atoms with van der Waals surface area (Å²) >= 11 is 0. The van der Waals surface area contributed by atoms with Crippen LogP contribution in [-0.4, -0.2) is 57.9 Å². The Morgan fingerprint density at radius 3 is 2.52 bits per heavy atom. The van der Waals surface area contributed by atoms with E-state index in [0.717, 1.165) is 6.42 Å². The van der Waals surface area contributed by atoms with Crippen molar-refractivity contribution in [2.75, 3.05) is 0 Å². The molecule has 2 saturated carbocycles. The summed E-state index contributed by atoms with van der Waals surface area (Å²) in [4.78, 5) is 12.4. The Labute approximate surface area is 123 Å². The van der Waals surface area contributed by atoms with E-state index < -0.39 is 18.3 Å². The average Bonchev–Trinajstić information content (AvgIpc) is 2.75. The maximum Gasteiger partial charge on any atom is 0.312 e. The molecule has 0 aromatic heterocycles. The van der Waals surface area contributed by atoms with Crippen LogP contribution in [0.4, 0.5) is 0 Å². The lowest BCUT2D eigenvalue weighted by atomic mass is 9.69. The van der Waals surface area contributed by atoms with Gasteiger partial charge in [0.25, 0.3) is 0 Å². The summed E-state index contributed by atoms with van der Waals surface area (Å²) in [6, 6.07) is 0. The smallest absolute Gasteiger partial charge is 0.312 e. The average molecular weight is 298 g/mol. The molecule has 4 fully saturated rings. The lowest BCUT2D eigenvalue weighted by Crippen LogP contribution is -2.57. The molecule has 0 aromatic carbocycles. The van der Waals surface area contributed by atoms with Crippen molar-refractivity contribution >= 4 is 5.97 Å². The fourth-order valence-corrected chi connectivity index (χ4v) is 4.86. The van der Waals surface area contributed by atoms with Gasteiger partial charge in [-0.2, -0.15) is 0 Å². The molecule has 4 aliphatic rings. The van der Waals surface area contributed by atoms with E-state index in [1.165, 1.54) is 0 Å². The summed E-state index contributed by atoms with van der Waals surface area (Å²) in [6.45, 7) is 0. The number of aliphatic hydroxyl groups excluding tert-OH is 3. The van der Waals surface area contributed by atoms with Gasteiger partial charge in [-0.1, -0.05) is 0 Å². The van der Waals surface area contributed by atoms with Crippen LogP contribution in [0, 0.1) is 17.8 Å². The maximum atomic E-state index is 12.4. The Hall–Kier alpha value is -0.690. The molecule has 0 aromatic rings. The first-order valence-electron chi connectivity index (χ1n) is 7.94. The minimum absolute atomic E-state index is 0.0888. The van der Waals surface area contributed by atoms with Gasteiger partial charge in [0.05, 0.1) is 36.4 Å². The monoisotopic (exact) mass is 298 g/mol. The molecule has 6 nitrogen and oxygen atoms in total. The van der Waals surface area contributed by atoms with Gasteiger partial charge in [0.2, 0.25) is 0 Å². The number of carbonyl (C=O) groups excluding carboxylic acids is 1. The van der Waals surface area contributed by atoms with Crippen LogP contribution in [0.3, 0.4) is 0 Å². The summed E-state index contributed by atoms with van der Waals surface area (Å²) in [5.74, 6) is -0.746. The molecule has 2 aliphatic heterocycles. The van der Waals surface area contributed by atoms with Crippen LogP contribution in [0.5, 0.6) is 0 Å². The number of esters is 1. The van der Waals surface area contributed by atoms with Crippen molar-refractivity contribution in [3.8, 4) is 0 Å². The molecule has 2 heterocycles. The molecule has 21 heavy (non-hydrogen) atoms. The van der Waals surface area contributed by atoms with Crippen LogP contribution >= 0.6 is 0 Å². The van der Waals surface area contributed by atoms with E-state index in [4.69, 9.17) is 9.47 Å². The molecule has 0 bridgehead atoms. The van der Waals surface area contributed by atoms with Crippen molar-refractivity contribution in [3.63, 3.8) is 0 Å². The van der Waals surface area contributed by atoms with Crippen LogP contribution < -0.4 is 0 Å². The quantitative estimate of drug-likeness (QED) is 0.526. The van der Waals surface area contributed by atoms with Gasteiger partial charge in [0.15, 0.2) is 0 Å². The zero-order valence-corrected chi connectivity index (χ0v) is 11.8. The van der Waals surface area contributed by atoms with Crippen LogP contribution in [0.25, 0.3) is 0 Å². The SMILES string of the molecule is O=C1OC2CC(O)CC(O)C2C2OC3CC(O)CCC3C12. The van der Waals surface area contributed by atoms with Crippen molar-refractivity contribution < 1.29 is 29.6 Å². The normalized spacial score (nSPS) is 56.1. The zero-order valence-electron chi connectivity index (χ0n) is 11.8. The van der Waals surface area contributed by atoms with Crippen molar-refractivity contribution in [2.45, 2.75) is 68.7 Å². The van der Waals surface area contributed by atoms with Crippen LogP contribution in [0.1, 0.15) is 32.1 Å². The fourth-order valence-electron chi connectivity index (χ4n) is 4.86. The third kappa shape index (κ3) is 2.11. The molecular weight excluding hydrogens is 276 g/mol. The van der Waals surface area contributed by atoms with E-state index in [9.17, 15) is 20.1 Å².